The number of rotatable bonds is 1. The standard InChI is InChI=1S/C18H25N3O2.C2HF3O2/c1-19(2)18(22)21-11-15-13-5-3-4-6-14(13)17(16(15)12-21)20-7-9-23-10-8-20;3-2(4,5)1(6)7/h3-6,15-17H,7-12H2,1-2H3;(H,6,7)/t15-,16-,17-;/m0./s1. The van der Waals surface area contributed by atoms with E-state index in [2.05, 4.69) is 29.2 Å². The normalized spacial score (nSPS) is 25.8. The van der Waals surface area contributed by atoms with Crippen molar-refractivity contribution in [1.82, 2.24) is 14.7 Å². The Hall–Kier alpha value is -2.33. The van der Waals surface area contributed by atoms with Crippen LogP contribution in [-0.4, -0.2) is 91.5 Å². The van der Waals surface area contributed by atoms with E-state index in [-0.39, 0.29) is 6.03 Å². The number of morpholine rings is 1. The topological polar surface area (TPSA) is 73.3 Å². The molecule has 0 bridgehead atoms. The number of carbonyl (C=O) groups excluding carboxylic acids is 1. The number of benzene rings is 1. The second-order valence-electron chi connectivity index (χ2n) is 7.88. The van der Waals surface area contributed by atoms with Gasteiger partial charge in [-0.15, -0.1) is 0 Å². The molecule has 30 heavy (non-hydrogen) atoms. The number of amides is 2. The highest BCUT2D eigenvalue weighted by molar-refractivity contribution is 5.74. The Morgan fingerprint density at radius 2 is 1.67 bits per heavy atom. The second kappa shape index (κ2) is 8.81. The molecule has 0 radical (unpaired) electrons. The summed E-state index contributed by atoms with van der Waals surface area (Å²) in [6, 6.07) is 9.39. The summed E-state index contributed by atoms with van der Waals surface area (Å²) >= 11 is 0. The van der Waals surface area contributed by atoms with Gasteiger partial charge < -0.3 is 19.6 Å². The molecule has 2 saturated heterocycles. The van der Waals surface area contributed by atoms with E-state index >= 15 is 0 Å². The number of likely N-dealkylation sites (tertiary alicyclic amines) is 1. The van der Waals surface area contributed by atoms with Crippen LogP contribution in [0.4, 0.5) is 18.0 Å². The van der Waals surface area contributed by atoms with Crippen LogP contribution in [0.2, 0.25) is 0 Å². The lowest BCUT2D eigenvalue weighted by Crippen LogP contribution is -2.43. The lowest BCUT2D eigenvalue weighted by molar-refractivity contribution is -0.192. The molecule has 10 heteroatoms. The number of carboxylic acids is 1. The highest BCUT2D eigenvalue weighted by Gasteiger charge is 2.49. The van der Waals surface area contributed by atoms with Crippen LogP contribution >= 0.6 is 0 Å². The third-order valence-corrected chi connectivity index (χ3v) is 5.82. The SMILES string of the molecule is CN(C)C(=O)N1C[C@H]2[C@@H](C1)c1ccccc1[C@@H]2N1CCOCC1.O=C(O)C(F)(F)F. The van der Waals surface area contributed by atoms with Crippen molar-refractivity contribution in [3.63, 3.8) is 0 Å². The van der Waals surface area contributed by atoms with E-state index in [1.165, 1.54) is 11.1 Å². The van der Waals surface area contributed by atoms with Gasteiger partial charge in [-0.1, -0.05) is 24.3 Å². The maximum absolute atomic E-state index is 12.4. The van der Waals surface area contributed by atoms with E-state index < -0.39 is 12.1 Å². The van der Waals surface area contributed by atoms with E-state index in [1.807, 2.05) is 19.0 Å². The third kappa shape index (κ3) is 4.54. The Morgan fingerprint density at radius 3 is 2.20 bits per heavy atom. The summed E-state index contributed by atoms with van der Waals surface area (Å²) in [5.41, 5.74) is 2.92. The molecule has 0 spiro atoms. The molecule has 166 valence electrons. The van der Waals surface area contributed by atoms with Crippen LogP contribution in [0.1, 0.15) is 23.1 Å². The van der Waals surface area contributed by atoms with E-state index in [0.29, 0.717) is 17.9 Å². The van der Waals surface area contributed by atoms with Gasteiger partial charge in [-0.3, -0.25) is 4.90 Å². The molecule has 1 N–H and O–H groups in total. The fraction of sp³-hybridized carbons (Fsp3) is 0.600. The molecule has 0 saturated carbocycles. The summed E-state index contributed by atoms with van der Waals surface area (Å²) < 4.78 is 37.3. The van der Waals surface area contributed by atoms with E-state index in [1.54, 1.807) is 4.90 Å². The molecule has 2 heterocycles. The zero-order valence-corrected chi connectivity index (χ0v) is 16.9. The zero-order chi connectivity index (χ0) is 22.1. The number of carbonyl (C=O) groups is 2. The number of nitrogens with zero attached hydrogens (tertiary/aromatic N) is 3. The first-order valence-electron chi connectivity index (χ1n) is 9.78. The summed E-state index contributed by atoms with van der Waals surface area (Å²) in [6.07, 6.45) is -5.08. The number of alkyl halides is 3. The molecular formula is C20H26F3N3O4. The number of carboxylic acid groups (broad SMARTS) is 1. The Bertz CT molecular complexity index is 781. The van der Waals surface area contributed by atoms with Gasteiger partial charge in [0.05, 0.1) is 13.2 Å². The molecule has 3 atom stereocenters. The predicted molar refractivity (Wildman–Crippen MR) is 102 cm³/mol. The largest absolute Gasteiger partial charge is 0.490 e. The maximum atomic E-state index is 12.4. The zero-order valence-electron chi connectivity index (χ0n) is 16.9. The Balaban J connectivity index is 0.000000318. The van der Waals surface area contributed by atoms with Crippen LogP contribution < -0.4 is 0 Å². The molecule has 0 aromatic heterocycles. The van der Waals surface area contributed by atoms with Gasteiger partial charge in [0.15, 0.2) is 0 Å². The highest BCUT2D eigenvalue weighted by atomic mass is 19.4. The van der Waals surface area contributed by atoms with Gasteiger partial charge in [-0.05, 0) is 11.1 Å². The third-order valence-electron chi connectivity index (χ3n) is 5.82. The van der Waals surface area contributed by atoms with Crippen molar-refractivity contribution in [2.75, 3.05) is 53.5 Å². The molecule has 1 aliphatic carbocycles. The first-order chi connectivity index (χ1) is 14.1. The van der Waals surface area contributed by atoms with Crippen molar-refractivity contribution >= 4 is 12.0 Å². The summed E-state index contributed by atoms with van der Waals surface area (Å²) in [7, 11) is 3.67. The average molecular weight is 429 g/mol. The van der Waals surface area contributed by atoms with Crippen LogP contribution in [0.15, 0.2) is 24.3 Å². The average Bonchev–Trinajstić information content (AvgIpc) is 3.25. The first-order valence-corrected chi connectivity index (χ1v) is 9.78. The van der Waals surface area contributed by atoms with Crippen LogP contribution in [-0.2, 0) is 9.53 Å². The van der Waals surface area contributed by atoms with Crippen molar-refractivity contribution in [2.24, 2.45) is 5.92 Å². The summed E-state index contributed by atoms with van der Waals surface area (Å²) in [5.74, 6) is -1.77. The van der Waals surface area contributed by atoms with Gasteiger partial charge in [-0.2, -0.15) is 13.2 Å². The molecule has 1 aromatic carbocycles. The van der Waals surface area contributed by atoms with Crippen LogP contribution in [0, 0.1) is 5.92 Å². The second-order valence-corrected chi connectivity index (χ2v) is 7.88. The molecule has 0 unspecified atom stereocenters. The fourth-order valence-corrected chi connectivity index (χ4v) is 4.59. The molecular weight excluding hydrogens is 403 g/mol. The van der Waals surface area contributed by atoms with Gasteiger partial charge in [-0.25, -0.2) is 9.59 Å². The van der Waals surface area contributed by atoms with Crippen molar-refractivity contribution in [2.45, 2.75) is 18.1 Å². The maximum Gasteiger partial charge on any atom is 0.490 e. The van der Waals surface area contributed by atoms with Gasteiger partial charge in [0.25, 0.3) is 0 Å². The lowest BCUT2D eigenvalue weighted by atomic mass is 9.93. The van der Waals surface area contributed by atoms with Crippen molar-refractivity contribution < 1.29 is 32.6 Å². The Morgan fingerprint density at radius 1 is 1.10 bits per heavy atom. The number of halogens is 3. The molecule has 3 aliphatic rings. The molecule has 4 rings (SSSR count). The number of hydrogen-bond acceptors (Lipinski definition) is 4. The Kier molecular flexibility index (Phi) is 6.56. The fourth-order valence-electron chi connectivity index (χ4n) is 4.59. The minimum atomic E-state index is -5.08. The molecule has 2 fully saturated rings. The van der Waals surface area contributed by atoms with Crippen molar-refractivity contribution in [3.8, 4) is 0 Å². The Labute approximate surface area is 173 Å². The monoisotopic (exact) mass is 429 g/mol. The van der Waals surface area contributed by atoms with Crippen LogP contribution in [0.5, 0.6) is 0 Å². The van der Waals surface area contributed by atoms with Crippen LogP contribution in [0.25, 0.3) is 0 Å². The summed E-state index contributed by atoms with van der Waals surface area (Å²) in [5, 5.41) is 7.12. The number of aliphatic carboxylic acids is 1. The van der Waals surface area contributed by atoms with Crippen LogP contribution in [0.3, 0.4) is 0 Å². The minimum absolute atomic E-state index is 0.137. The minimum Gasteiger partial charge on any atom is -0.475 e. The molecule has 2 aliphatic heterocycles. The van der Waals surface area contributed by atoms with Gasteiger partial charge in [0, 0.05) is 58.2 Å². The van der Waals surface area contributed by atoms with Gasteiger partial charge in [0.2, 0.25) is 0 Å². The molecule has 2 amide bonds. The van der Waals surface area contributed by atoms with E-state index in [4.69, 9.17) is 14.6 Å². The van der Waals surface area contributed by atoms with Gasteiger partial charge in [0.1, 0.15) is 0 Å². The molecule has 1 aromatic rings. The summed E-state index contributed by atoms with van der Waals surface area (Å²) in [6.45, 7) is 5.32. The van der Waals surface area contributed by atoms with Gasteiger partial charge >= 0.3 is 18.2 Å². The van der Waals surface area contributed by atoms with Crippen molar-refractivity contribution in [3.05, 3.63) is 35.4 Å². The lowest BCUT2D eigenvalue weighted by Gasteiger charge is -2.36. The number of urea groups is 1. The molecule has 7 nitrogen and oxygen atoms in total. The van der Waals surface area contributed by atoms with Crippen molar-refractivity contribution in [1.29, 1.82) is 0 Å². The number of ether oxygens (including phenoxy) is 1. The highest BCUT2D eigenvalue weighted by Crippen LogP contribution is 2.51. The summed E-state index contributed by atoms with van der Waals surface area (Å²) in [4.78, 5) is 27.6. The smallest absolute Gasteiger partial charge is 0.475 e. The predicted octanol–water partition coefficient (Wildman–Crippen LogP) is 2.40. The quantitative estimate of drug-likeness (QED) is 0.742. The van der Waals surface area contributed by atoms with E-state index in [0.717, 1.165) is 39.4 Å². The number of fused-ring (bicyclic) bond motifs is 3. The van der Waals surface area contributed by atoms with E-state index in [9.17, 15) is 18.0 Å². The number of hydrogen-bond donors (Lipinski definition) is 1. The first kappa shape index (κ1) is 22.4.